The van der Waals surface area contributed by atoms with E-state index >= 15 is 0 Å². The summed E-state index contributed by atoms with van der Waals surface area (Å²) in [6.07, 6.45) is 4.52. The standard InChI is InChI=1S/C15H21N5O/c1-10(2)20-13(5-8-17-20)14-12(6-9-21-14)19-15-16-7-4-11(3)18-15/h4-5,7-8,10,12,14H,6,9H2,1-3H3,(H,16,18,19)/t12-,14-/m0/s1. The third-order valence-corrected chi connectivity index (χ3v) is 3.68. The highest BCUT2D eigenvalue weighted by Gasteiger charge is 2.33. The van der Waals surface area contributed by atoms with Gasteiger partial charge in [-0.2, -0.15) is 5.10 Å². The molecule has 1 N–H and O–H groups in total. The van der Waals surface area contributed by atoms with Crippen LogP contribution in [0.4, 0.5) is 5.95 Å². The Balaban J connectivity index is 1.81. The lowest BCUT2D eigenvalue weighted by molar-refractivity contribution is 0.0987. The smallest absolute Gasteiger partial charge is 0.223 e. The number of anilines is 1. The van der Waals surface area contributed by atoms with Crippen molar-refractivity contribution in [3.8, 4) is 0 Å². The number of ether oxygens (including phenoxy) is 1. The van der Waals surface area contributed by atoms with Crippen molar-refractivity contribution in [2.45, 2.75) is 45.4 Å². The van der Waals surface area contributed by atoms with Crippen molar-refractivity contribution in [2.24, 2.45) is 0 Å². The summed E-state index contributed by atoms with van der Waals surface area (Å²) >= 11 is 0. The number of nitrogens with zero attached hydrogens (tertiary/aromatic N) is 4. The van der Waals surface area contributed by atoms with Gasteiger partial charge in [0.05, 0.1) is 11.7 Å². The molecule has 1 fully saturated rings. The van der Waals surface area contributed by atoms with Gasteiger partial charge in [-0.3, -0.25) is 4.68 Å². The number of aromatic nitrogens is 4. The predicted octanol–water partition coefficient (Wildman–Crippen LogP) is 2.50. The van der Waals surface area contributed by atoms with Crippen molar-refractivity contribution in [1.82, 2.24) is 19.7 Å². The quantitative estimate of drug-likeness (QED) is 0.936. The molecule has 1 saturated heterocycles. The van der Waals surface area contributed by atoms with Crippen molar-refractivity contribution in [1.29, 1.82) is 0 Å². The first-order valence-electron chi connectivity index (χ1n) is 7.36. The Morgan fingerprint density at radius 3 is 2.95 bits per heavy atom. The van der Waals surface area contributed by atoms with Gasteiger partial charge in [0.1, 0.15) is 6.10 Å². The summed E-state index contributed by atoms with van der Waals surface area (Å²) in [5, 5.41) is 7.79. The topological polar surface area (TPSA) is 64.9 Å². The van der Waals surface area contributed by atoms with Crippen LogP contribution in [0.2, 0.25) is 0 Å². The van der Waals surface area contributed by atoms with Crippen molar-refractivity contribution in [2.75, 3.05) is 11.9 Å². The van der Waals surface area contributed by atoms with Crippen molar-refractivity contribution >= 4 is 5.95 Å². The highest BCUT2D eigenvalue weighted by Crippen LogP contribution is 2.31. The summed E-state index contributed by atoms with van der Waals surface area (Å²) < 4.78 is 7.94. The Morgan fingerprint density at radius 2 is 2.19 bits per heavy atom. The first-order valence-corrected chi connectivity index (χ1v) is 7.36. The molecule has 0 aromatic carbocycles. The first kappa shape index (κ1) is 14.0. The normalized spacial score (nSPS) is 21.9. The molecule has 21 heavy (non-hydrogen) atoms. The van der Waals surface area contributed by atoms with E-state index in [9.17, 15) is 0 Å². The number of rotatable bonds is 4. The van der Waals surface area contributed by atoms with E-state index in [4.69, 9.17) is 4.74 Å². The van der Waals surface area contributed by atoms with Crippen LogP contribution in [0.5, 0.6) is 0 Å². The largest absolute Gasteiger partial charge is 0.370 e. The second kappa shape index (κ2) is 5.81. The van der Waals surface area contributed by atoms with Crippen LogP contribution in [0.3, 0.4) is 0 Å². The molecule has 112 valence electrons. The van der Waals surface area contributed by atoms with Crippen LogP contribution in [-0.4, -0.2) is 32.4 Å². The zero-order valence-electron chi connectivity index (χ0n) is 12.7. The van der Waals surface area contributed by atoms with Gasteiger partial charge in [-0.25, -0.2) is 9.97 Å². The molecule has 1 aliphatic rings. The van der Waals surface area contributed by atoms with Gasteiger partial charge >= 0.3 is 0 Å². The molecule has 0 unspecified atom stereocenters. The maximum Gasteiger partial charge on any atom is 0.223 e. The van der Waals surface area contributed by atoms with Gasteiger partial charge in [0.15, 0.2) is 0 Å². The summed E-state index contributed by atoms with van der Waals surface area (Å²) in [6, 6.07) is 4.40. The molecule has 2 aromatic rings. The maximum absolute atomic E-state index is 5.92. The summed E-state index contributed by atoms with van der Waals surface area (Å²) in [4.78, 5) is 8.69. The molecule has 3 heterocycles. The van der Waals surface area contributed by atoms with E-state index in [0.717, 1.165) is 24.4 Å². The molecule has 0 spiro atoms. The molecule has 1 aliphatic heterocycles. The first-order chi connectivity index (χ1) is 10.1. The number of hydrogen-bond donors (Lipinski definition) is 1. The fourth-order valence-electron chi connectivity index (χ4n) is 2.69. The SMILES string of the molecule is Cc1ccnc(N[C@H]2CCO[C@@H]2c2ccnn2C(C)C)n1. The predicted molar refractivity (Wildman–Crippen MR) is 80.1 cm³/mol. The highest BCUT2D eigenvalue weighted by molar-refractivity contribution is 5.29. The molecule has 2 aromatic heterocycles. The molecule has 0 aliphatic carbocycles. The Hall–Kier alpha value is -1.95. The molecule has 0 radical (unpaired) electrons. The Bertz CT molecular complexity index is 610. The van der Waals surface area contributed by atoms with Crippen molar-refractivity contribution in [3.63, 3.8) is 0 Å². The lowest BCUT2D eigenvalue weighted by Gasteiger charge is -2.22. The third kappa shape index (κ3) is 2.90. The minimum absolute atomic E-state index is 0.0148. The average Bonchev–Trinajstić information content (AvgIpc) is 3.06. The summed E-state index contributed by atoms with van der Waals surface area (Å²) in [6.45, 7) is 6.94. The van der Waals surface area contributed by atoms with Gasteiger partial charge in [0.25, 0.3) is 0 Å². The van der Waals surface area contributed by atoms with Crippen molar-refractivity contribution < 1.29 is 4.74 Å². The maximum atomic E-state index is 5.92. The minimum atomic E-state index is -0.0148. The Morgan fingerprint density at radius 1 is 1.33 bits per heavy atom. The third-order valence-electron chi connectivity index (χ3n) is 3.68. The van der Waals surface area contributed by atoms with E-state index in [1.54, 1.807) is 6.20 Å². The van der Waals surface area contributed by atoms with Crippen LogP contribution in [0.25, 0.3) is 0 Å². The van der Waals surface area contributed by atoms with E-state index in [1.165, 1.54) is 0 Å². The summed E-state index contributed by atoms with van der Waals surface area (Å²) in [5.74, 6) is 0.658. The van der Waals surface area contributed by atoms with Gasteiger partial charge in [0.2, 0.25) is 5.95 Å². The van der Waals surface area contributed by atoms with Gasteiger partial charge in [-0.15, -0.1) is 0 Å². The number of aryl methyl sites for hydroxylation is 1. The minimum Gasteiger partial charge on any atom is -0.370 e. The van der Waals surface area contributed by atoms with Gasteiger partial charge in [-0.1, -0.05) is 0 Å². The van der Waals surface area contributed by atoms with Crippen LogP contribution in [0.1, 0.15) is 43.8 Å². The van der Waals surface area contributed by atoms with Gasteiger partial charge in [-0.05, 0) is 39.3 Å². The summed E-state index contributed by atoms with van der Waals surface area (Å²) in [7, 11) is 0. The second-order valence-corrected chi connectivity index (χ2v) is 5.65. The van der Waals surface area contributed by atoms with E-state index in [-0.39, 0.29) is 12.1 Å². The van der Waals surface area contributed by atoms with E-state index in [1.807, 2.05) is 29.9 Å². The molecule has 6 nitrogen and oxygen atoms in total. The van der Waals surface area contributed by atoms with Crippen LogP contribution >= 0.6 is 0 Å². The fourth-order valence-corrected chi connectivity index (χ4v) is 2.69. The zero-order valence-corrected chi connectivity index (χ0v) is 12.7. The van der Waals surface area contributed by atoms with Crippen LogP contribution in [-0.2, 0) is 4.74 Å². The molecule has 0 bridgehead atoms. The van der Waals surface area contributed by atoms with Gasteiger partial charge in [0, 0.05) is 30.7 Å². The molecule has 0 amide bonds. The molecule has 0 saturated carbocycles. The van der Waals surface area contributed by atoms with Crippen molar-refractivity contribution in [3.05, 3.63) is 35.9 Å². The second-order valence-electron chi connectivity index (χ2n) is 5.65. The van der Waals surface area contributed by atoms with Crippen LogP contribution in [0, 0.1) is 6.92 Å². The number of nitrogens with one attached hydrogen (secondary N) is 1. The van der Waals surface area contributed by atoms with Crippen LogP contribution in [0.15, 0.2) is 24.5 Å². The van der Waals surface area contributed by atoms with Crippen LogP contribution < -0.4 is 5.32 Å². The van der Waals surface area contributed by atoms with E-state index in [2.05, 4.69) is 34.2 Å². The molecule has 2 atom stereocenters. The molecule has 6 heteroatoms. The highest BCUT2D eigenvalue weighted by atomic mass is 16.5. The lowest BCUT2D eigenvalue weighted by Crippen LogP contribution is -2.26. The zero-order chi connectivity index (χ0) is 14.8. The Labute approximate surface area is 124 Å². The Kier molecular flexibility index (Phi) is 3.88. The van der Waals surface area contributed by atoms with E-state index in [0.29, 0.717) is 12.0 Å². The number of hydrogen-bond acceptors (Lipinski definition) is 5. The van der Waals surface area contributed by atoms with Gasteiger partial charge < -0.3 is 10.1 Å². The lowest BCUT2D eigenvalue weighted by atomic mass is 10.1. The fraction of sp³-hybridized carbons (Fsp3) is 0.533. The van der Waals surface area contributed by atoms with E-state index < -0.39 is 0 Å². The molecule has 3 rings (SSSR count). The monoisotopic (exact) mass is 287 g/mol. The average molecular weight is 287 g/mol. The summed E-state index contributed by atoms with van der Waals surface area (Å²) in [5.41, 5.74) is 2.06. The molecular formula is C15H21N5O. The molecular weight excluding hydrogens is 266 g/mol.